The quantitative estimate of drug-likeness (QED) is 0.707. The number of rotatable bonds is 7. The van der Waals surface area contributed by atoms with Crippen LogP contribution in [0.25, 0.3) is 0 Å². The number of hydrogen-bond donors (Lipinski definition) is 1. The molecular formula is C23H32N4O3S. The van der Waals surface area contributed by atoms with E-state index in [9.17, 15) is 8.42 Å². The van der Waals surface area contributed by atoms with Gasteiger partial charge >= 0.3 is 0 Å². The van der Waals surface area contributed by atoms with Crippen molar-refractivity contribution in [3.8, 4) is 0 Å². The standard InChI is InChI=1S/C23H32N4O3S/c1-31(28,29)26-22-11-14-27(23-6-2-3-13-25-23)16-20(22)17-30-21-9-7-18(8-10-21)19-5-4-12-24-15-19/h2-6,12-13,15,18,20-22,26H,7-11,14,16-17H2,1H3. The van der Waals surface area contributed by atoms with Gasteiger partial charge in [-0.2, -0.15) is 0 Å². The summed E-state index contributed by atoms with van der Waals surface area (Å²) < 4.78 is 33.0. The largest absolute Gasteiger partial charge is 0.378 e. The SMILES string of the molecule is CS(=O)(=O)NC1CCN(c2ccccn2)CC1COC1CCC(c2cccnc2)CC1. The first-order valence-corrected chi connectivity index (χ1v) is 13.0. The van der Waals surface area contributed by atoms with E-state index in [0.29, 0.717) is 12.5 Å². The van der Waals surface area contributed by atoms with Crippen molar-refractivity contribution in [2.75, 3.05) is 30.9 Å². The number of aromatic nitrogens is 2. The molecular weight excluding hydrogens is 412 g/mol. The lowest BCUT2D eigenvalue weighted by molar-refractivity contribution is -0.00215. The summed E-state index contributed by atoms with van der Waals surface area (Å²) in [7, 11) is -3.27. The van der Waals surface area contributed by atoms with Gasteiger partial charge in [-0.1, -0.05) is 12.1 Å². The van der Waals surface area contributed by atoms with Gasteiger partial charge in [-0.05, 0) is 61.8 Å². The van der Waals surface area contributed by atoms with Gasteiger partial charge in [0.1, 0.15) is 5.82 Å². The van der Waals surface area contributed by atoms with Gasteiger partial charge < -0.3 is 9.64 Å². The minimum Gasteiger partial charge on any atom is -0.378 e. The van der Waals surface area contributed by atoms with Gasteiger partial charge in [-0.15, -0.1) is 0 Å². The number of nitrogens with zero attached hydrogens (tertiary/aromatic N) is 3. The molecule has 8 heteroatoms. The minimum atomic E-state index is -3.27. The highest BCUT2D eigenvalue weighted by molar-refractivity contribution is 7.88. The van der Waals surface area contributed by atoms with E-state index < -0.39 is 10.0 Å². The Morgan fingerprint density at radius 1 is 1.10 bits per heavy atom. The van der Waals surface area contributed by atoms with Crippen LogP contribution in [0.2, 0.25) is 0 Å². The fourth-order valence-corrected chi connectivity index (χ4v) is 5.68. The Morgan fingerprint density at radius 2 is 1.94 bits per heavy atom. The first-order valence-electron chi connectivity index (χ1n) is 11.1. The second kappa shape index (κ2) is 10.1. The van der Waals surface area contributed by atoms with Crippen molar-refractivity contribution in [2.24, 2.45) is 5.92 Å². The maximum Gasteiger partial charge on any atom is 0.208 e. The van der Waals surface area contributed by atoms with Crippen LogP contribution in [0, 0.1) is 5.92 Å². The number of hydrogen-bond acceptors (Lipinski definition) is 6. The molecule has 0 amide bonds. The molecule has 4 rings (SSSR count). The highest BCUT2D eigenvalue weighted by Crippen LogP contribution is 2.34. The normalized spacial score (nSPS) is 27.2. The number of anilines is 1. The van der Waals surface area contributed by atoms with Gasteiger partial charge in [-0.25, -0.2) is 18.1 Å². The third-order valence-corrected chi connectivity index (χ3v) is 7.18. The topological polar surface area (TPSA) is 84.4 Å². The molecule has 7 nitrogen and oxygen atoms in total. The second-order valence-corrected chi connectivity index (χ2v) is 10.6. The molecule has 2 unspecified atom stereocenters. The van der Waals surface area contributed by atoms with E-state index in [4.69, 9.17) is 4.74 Å². The van der Waals surface area contributed by atoms with E-state index in [0.717, 1.165) is 51.0 Å². The summed E-state index contributed by atoms with van der Waals surface area (Å²) in [6.07, 6.45) is 12.1. The van der Waals surface area contributed by atoms with Gasteiger partial charge in [0.2, 0.25) is 10.0 Å². The van der Waals surface area contributed by atoms with Crippen molar-refractivity contribution in [2.45, 2.75) is 50.2 Å². The van der Waals surface area contributed by atoms with Gasteiger partial charge in [0.05, 0.1) is 19.0 Å². The predicted octanol–water partition coefficient (Wildman–Crippen LogP) is 2.96. The molecule has 2 aliphatic rings. The lowest BCUT2D eigenvalue weighted by Crippen LogP contribution is -2.52. The van der Waals surface area contributed by atoms with Crippen LogP contribution in [0.4, 0.5) is 5.82 Å². The Kier molecular flexibility index (Phi) is 7.20. The number of pyridine rings is 2. The molecule has 2 aromatic heterocycles. The molecule has 1 aliphatic heterocycles. The van der Waals surface area contributed by atoms with E-state index in [1.165, 1.54) is 11.8 Å². The van der Waals surface area contributed by atoms with Crippen LogP contribution in [0.3, 0.4) is 0 Å². The maximum absolute atomic E-state index is 11.9. The summed E-state index contributed by atoms with van der Waals surface area (Å²) in [5, 5.41) is 0. The zero-order valence-corrected chi connectivity index (χ0v) is 18.9. The highest BCUT2D eigenvalue weighted by Gasteiger charge is 2.33. The maximum atomic E-state index is 11.9. The van der Waals surface area contributed by atoms with E-state index in [-0.39, 0.29) is 18.1 Å². The average Bonchev–Trinajstić information content (AvgIpc) is 2.79. The molecule has 1 saturated heterocycles. The Labute approximate surface area is 185 Å². The zero-order chi connectivity index (χ0) is 21.7. The first kappa shape index (κ1) is 22.2. The molecule has 2 fully saturated rings. The number of ether oxygens (including phenoxy) is 1. The molecule has 2 atom stereocenters. The second-order valence-electron chi connectivity index (χ2n) is 8.77. The van der Waals surface area contributed by atoms with Gasteiger partial charge in [0.15, 0.2) is 0 Å². The van der Waals surface area contributed by atoms with Crippen LogP contribution in [0.1, 0.15) is 43.6 Å². The summed E-state index contributed by atoms with van der Waals surface area (Å²) in [5.41, 5.74) is 1.32. The first-order chi connectivity index (χ1) is 15.0. The van der Waals surface area contributed by atoms with Crippen LogP contribution in [-0.2, 0) is 14.8 Å². The molecule has 0 radical (unpaired) electrons. The Balaban J connectivity index is 1.34. The third kappa shape index (κ3) is 6.24. The molecule has 31 heavy (non-hydrogen) atoms. The molecule has 0 aromatic carbocycles. The number of piperidine rings is 1. The minimum absolute atomic E-state index is 0.0847. The lowest BCUT2D eigenvalue weighted by atomic mass is 9.83. The van der Waals surface area contributed by atoms with Crippen LogP contribution in [0.15, 0.2) is 48.9 Å². The summed E-state index contributed by atoms with van der Waals surface area (Å²) in [6, 6.07) is 9.95. The molecule has 2 aromatic rings. The molecule has 3 heterocycles. The monoisotopic (exact) mass is 444 g/mol. The van der Waals surface area contributed by atoms with Crippen molar-refractivity contribution in [3.05, 3.63) is 54.5 Å². The van der Waals surface area contributed by atoms with E-state index in [1.807, 2.05) is 36.7 Å². The molecule has 0 bridgehead atoms. The number of nitrogens with one attached hydrogen (secondary N) is 1. The van der Waals surface area contributed by atoms with Crippen LogP contribution >= 0.6 is 0 Å². The molecule has 0 spiro atoms. The Hall–Kier alpha value is -2.03. The van der Waals surface area contributed by atoms with Crippen molar-refractivity contribution in [3.63, 3.8) is 0 Å². The molecule has 1 saturated carbocycles. The average molecular weight is 445 g/mol. The summed E-state index contributed by atoms with van der Waals surface area (Å²) in [6.45, 7) is 2.06. The van der Waals surface area contributed by atoms with E-state index >= 15 is 0 Å². The van der Waals surface area contributed by atoms with Crippen LogP contribution in [0.5, 0.6) is 0 Å². The lowest BCUT2D eigenvalue weighted by Gasteiger charge is -2.40. The van der Waals surface area contributed by atoms with E-state index in [2.05, 4.69) is 25.7 Å². The number of sulfonamides is 1. The zero-order valence-electron chi connectivity index (χ0n) is 18.1. The van der Waals surface area contributed by atoms with E-state index in [1.54, 1.807) is 6.20 Å². The van der Waals surface area contributed by atoms with Crippen LogP contribution in [-0.4, -0.2) is 56.5 Å². The summed E-state index contributed by atoms with van der Waals surface area (Å²) >= 11 is 0. The predicted molar refractivity (Wildman–Crippen MR) is 122 cm³/mol. The molecule has 1 N–H and O–H groups in total. The summed E-state index contributed by atoms with van der Waals surface area (Å²) in [5.74, 6) is 1.58. The highest BCUT2D eigenvalue weighted by atomic mass is 32.2. The van der Waals surface area contributed by atoms with Crippen molar-refractivity contribution in [1.29, 1.82) is 0 Å². The van der Waals surface area contributed by atoms with Gasteiger partial charge in [0.25, 0.3) is 0 Å². The fraction of sp³-hybridized carbons (Fsp3) is 0.565. The van der Waals surface area contributed by atoms with Gasteiger partial charge in [-0.3, -0.25) is 4.98 Å². The fourth-order valence-electron chi connectivity index (χ4n) is 4.82. The Morgan fingerprint density at radius 3 is 2.61 bits per heavy atom. The molecule has 1 aliphatic carbocycles. The smallest absolute Gasteiger partial charge is 0.208 e. The van der Waals surface area contributed by atoms with Crippen molar-refractivity contribution in [1.82, 2.24) is 14.7 Å². The Bertz CT molecular complexity index is 918. The van der Waals surface area contributed by atoms with Crippen molar-refractivity contribution < 1.29 is 13.2 Å². The molecule has 168 valence electrons. The van der Waals surface area contributed by atoms with Crippen molar-refractivity contribution >= 4 is 15.8 Å². The van der Waals surface area contributed by atoms with Gasteiger partial charge in [0, 0.05) is 43.6 Å². The van der Waals surface area contributed by atoms with Crippen LogP contribution < -0.4 is 9.62 Å². The third-order valence-electron chi connectivity index (χ3n) is 6.45. The summed E-state index contributed by atoms with van der Waals surface area (Å²) in [4.78, 5) is 10.9.